The molecular formula is C21H20N6O5. The van der Waals surface area contributed by atoms with Gasteiger partial charge in [-0.15, -0.1) is 0 Å². The molecule has 0 aliphatic rings. The Hall–Kier alpha value is -4.28. The van der Waals surface area contributed by atoms with E-state index in [-0.39, 0.29) is 24.0 Å². The predicted molar refractivity (Wildman–Crippen MR) is 112 cm³/mol. The molecule has 3 aromatic heterocycles. The minimum Gasteiger partial charge on any atom is -0.479 e. The van der Waals surface area contributed by atoms with Crippen molar-refractivity contribution in [3.63, 3.8) is 0 Å². The van der Waals surface area contributed by atoms with Crippen molar-refractivity contribution in [3.05, 3.63) is 59.7 Å². The van der Waals surface area contributed by atoms with Crippen molar-refractivity contribution < 1.29 is 23.8 Å². The summed E-state index contributed by atoms with van der Waals surface area (Å²) < 4.78 is 18.3. The smallest absolute Gasteiger partial charge is 0.341 e. The molecule has 32 heavy (non-hydrogen) atoms. The Morgan fingerprint density at radius 2 is 1.94 bits per heavy atom. The Kier molecular flexibility index (Phi) is 5.79. The molecule has 164 valence electrons. The number of carbonyl (C=O) groups is 2. The number of imidazole rings is 1. The van der Waals surface area contributed by atoms with E-state index >= 15 is 0 Å². The molecule has 0 aliphatic heterocycles. The number of hydrogen-bond donors (Lipinski definition) is 0. The molecule has 0 amide bonds. The molecule has 4 rings (SSSR count). The van der Waals surface area contributed by atoms with E-state index in [9.17, 15) is 9.59 Å². The quantitative estimate of drug-likeness (QED) is 0.400. The van der Waals surface area contributed by atoms with Gasteiger partial charge in [-0.1, -0.05) is 12.1 Å². The van der Waals surface area contributed by atoms with Crippen LogP contribution in [-0.4, -0.2) is 62.1 Å². The molecule has 0 radical (unpaired) electrons. The third-order valence-electron chi connectivity index (χ3n) is 4.61. The lowest BCUT2D eigenvalue weighted by atomic mass is 10.1. The molecule has 0 saturated heterocycles. The number of esters is 2. The molecule has 0 saturated carbocycles. The lowest BCUT2D eigenvalue weighted by molar-refractivity contribution is 0.0525. The molecular weight excluding hydrogens is 416 g/mol. The molecule has 1 aromatic carbocycles. The van der Waals surface area contributed by atoms with Crippen molar-refractivity contribution in [2.24, 2.45) is 0 Å². The average molecular weight is 436 g/mol. The zero-order chi connectivity index (χ0) is 22.7. The summed E-state index contributed by atoms with van der Waals surface area (Å²) in [6.45, 7) is 2.39. The van der Waals surface area contributed by atoms with Gasteiger partial charge >= 0.3 is 11.9 Å². The number of fused-ring (bicyclic) bond motifs is 1. The SMILES string of the molecule is CCOC(=O)c1cnn(-c2nc(OC)c3ncn(Cc4cccc(C(=O)OC)c4)c3n2)c1. The highest BCUT2D eigenvalue weighted by molar-refractivity contribution is 5.89. The second-order valence-electron chi connectivity index (χ2n) is 6.66. The number of rotatable bonds is 7. The highest BCUT2D eigenvalue weighted by atomic mass is 16.5. The second-order valence-corrected chi connectivity index (χ2v) is 6.66. The number of nitrogens with zero attached hydrogens (tertiary/aromatic N) is 6. The van der Waals surface area contributed by atoms with E-state index in [0.29, 0.717) is 23.3 Å². The van der Waals surface area contributed by atoms with Gasteiger partial charge in [-0.25, -0.2) is 19.3 Å². The van der Waals surface area contributed by atoms with E-state index in [0.717, 1.165) is 5.56 Å². The van der Waals surface area contributed by atoms with Crippen molar-refractivity contribution >= 4 is 23.1 Å². The van der Waals surface area contributed by atoms with Crippen LogP contribution in [0.2, 0.25) is 0 Å². The van der Waals surface area contributed by atoms with Gasteiger partial charge in [0.1, 0.15) is 0 Å². The van der Waals surface area contributed by atoms with Gasteiger partial charge in [-0.2, -0.15) is 15.1 Å². The third-order valence-corrected chi connectivity index (χ3v) is 4.61. The number of methoxy groups -OCH3 is 2. The van der Waals surface area contributed by atoms with Crippen molar-refractivity contribution in [1.82, 2.24) is 29.3 Å². The number of aromatic nitrogens is 6. The number of hydrogen-bond acceptors (Lipinski definition) is 9. The van der Waals surface area contributed by atoms with Gasteiger partial charge in [0.2, 0.25) is 5.88 Å². The molecule has 0 aliphatic carbocycles. The van der Waals surface area contributed by atoms with Crippen molar-refractivity contribution in [3.8, 4) is 11.8 Å². The molecule has 0 unspecified atom stereocenters. The summed E-state index contributed by atoms with van der Waals surface area (Å²) >= 11 is 0. The van der Waals surface area contributed by atoms with Crippen LogP contribution < -0.4 is 4.74 Å². The van der Waals surface area contributed by atoms with Crippen LogP contribution in [0.15, 0.2) is 43.0 Å². The van der Waals surface area contributed by atoms with E-state index < -0.39 is 11.9 Å². The monoisotopic (exact) mass is 436 g/mol. The minimum atomic E-state index is -0.484. The molecule has 0 spiro atoms. The van der Waals surface area contributed by atoms with E-state index in [1.807, 2.05) is 6.07 Å². The van der Waals surface area contributed by atoms with E-state index in [2.05, 4.69) is 20.1 Å². The van der Waals surface area contributed by atoms with Gasteiger partial charge in [0.15, 0.2) is 11.2 Å². The standard InChI is InChI=1S/C21H20N6O5/c1-4-32-20(29)15-9-23-27(11-15)21-24-17-16(18(25-21)30-2)22-12-26(17)10-13-6-5-7-14(8-13)19(28)31-3/h5-9,11-12H,4,10H2,1-3H3. The van der Waals surface area contributed by atoms with Crippen molar-refractivity contribution in [1.29, 1.82) is 0 Å². The number of benzene rings is 1. The Morgan fingerprint density at radius 3 is 2.69 bits per heavy atom. The van der Waals surface area contributed by atoms with Gasteiger partial charge in [0.25, 0.3) is 5.95 Å². The predicted octanol–water partition coefficient (Wildman–Crippen LogP) is 2.03. The fraction of sp³-hybridized carbons (Fsp3) is 0.238. The van der Waals surface area contributed by atoms with Gasteiger partial charge in [-0.3, -0.25) is 0 Å². The summed E-state index contributed by atoms with van der Waals surface area (Å²) in [6.07, 6.45) is 4.48. The van der Waals surface area contributed by atoms with Gasteiger partial charge in [-0.05, 0) is 24.6 Å². The fourth-order valence-electron chi connectivity index (χ4n) is 3.13. The van der Waals surface area contributed by atoms with Gasteiger partial charge in [0.05, 0.1) is 51.0 Å². The normalized spacial score (nSPS) is 10.8. The van der Waals surface area contributed by atoms with Crippen LogP contribution in [0.4, 0.5) is 0 Å². The van der Waals surface area contributed by atoms with Gasteiger partial charge < -0.3 is 18.8 Å². The topological polar surface area (TPSA) is 123 Å². The van der Waals surface area contributed by atoms with Crippen molar-refractivity contribution in [2.75, 3.05) is 20.8 Å². The summed E-state index contributed by atoms with van der Waals surface area (Å²) in [5.41, 5.74) is 2.56. The molecule has 3 heterocycles. The van der Waals surface area contributed by atoms with Crippen LogP contribution in [0.1, 0.15) is 33.2 Å². The maximum Gasteiger partial charge on any atom is 0.341 e. The highest BCUT2D eigenvalue weighted by Gasteiger charge is 2.18. The molecule has 0 atom stereocenters. The lowest BCUT2D eigenvalue weighted by Crippen LogP contribution is -2.07. The Labute approximate surface area is 182 Å². The Balaban J connectivity index is 1.72. The van der Waals surface area contributed by atoms with Crippen LogP contribution in [0.5, 0.6) is 5.88 Å². The third kappa shape index (κ3) is 4.00. The lowest BCUT2D eigenvalue weighted by Gasteiger charge is -2.08. The van der Waals surface area contributed by atoms with Crippen LogP contribution in [0, 0.1) is 0 Å². The Bertz CT molecular complexity index is 1300. The largest absolute Gasteiger partial charge is 0.479 e. The van der Waals surface area contributed by atoms with Crippen LogP contribution >= 0.6 is 0 Å². The van der Waals surface area contributed by atoms with Crippen LogP contribution in [-0.2, 0) is 16.0 Å². The molecule has 0 N–H and O–H groups in total. The number of ether oxygens (including phenoxy) is 3. The van der Waals surface area contributed by atoms with Crippen LogP contribution in [0.3, 0.4) is 0 Å². The first-order chi connectivity index (χ1) is 15.5. The summed E-state index contributed by atoms with van der Waals surface area (Å²) in [6, 6.07) is 7.10. The molecule has 11 nitrogen and oxygen atoms in total. The molecule has 11 heteroatoms. The van der Waals surface area contributed by atoms with Crippen LogP contribution in [0.25, 0.3) is 17.1 Å². The molecule has 4 aromatic rings. The van der Waals surface area contributed by atoms with Gasteiger partial charge in [0, 0.05) is 6.20 Å². The van der Waals surface area contributed by atoms with E-state index in [4.69, 9.17) is 14.2 Å². The van der Waals surface area contributed by atoms with E-state index in [1.165, 1.54) is 31.3 Å². The summed E-state index contributed by atoms with van der Waals surface area (Å²) in [4.78, 5) is 37.1. The summed E-state index contributed by atoms with van der Waals surface area (Å²) in [5.74, 6) is -0.428. The van der Waals surface area contributed by atoms with E-state index in [1.54, 1.807) is 36.0 Å². The first kappa shape index (κ1) is 21.0. The average Bonchev–Trinajstić information content (AvgIpc) is 3.46. The zero-order valence-electron chi connectivity index (χ0n) is 17.7. The fourth-order valence-corrected chi connectivity index (χ4v) is 3.13. The second kappa shape index (κ2) is 8.84. The maximum absolute atomic E-state index is 11.9. The first-order valence-corrected chi connectivity index (χ1v) is 9.70. The number of carbonyl (C=O) groups excluding carboxylic acids is 2. The summed E-state index contributed by atoms with van der Waals surface area (Å²) in [5, 5.41) is 4.16. The summed E-state index contributed by atoms with van der Waals surface area (Å²) in [7, 11) is 2.82. The minimum absolute atomic E-state index is 0.204. The Morgan fingerprint density at radius 1 is 1.09 bits per heavy atom. The molecule has 0 fully saturated rings. The van der Waals surface area contributed by atoms with Crippen molar-refractivity contribution in [2.45, 2.75) is 13.5 Å². The first-order valence-electron chi connectivity index (χ1n) is 9.70. The maximum atomic E-state index is 11.9. The molecule has 0 bridgehead atoms. The zero-order valence-corrected chi connectivity index (χ0v) is 17.7. The highest BCUT2D eigenvalue weighted by Crippen LogP contribution is 2.23.